The number of halogens is 3. The predicted octanol–water partition coefficient (Wildman–Crippen LogP) is 5.25. The smallest absolute Gasteiger partial charge is 0.235 e. The van der Waals surface area contributed by atoms with Crippen LogP contribution in [0.1, 0.15) is 56.2 Å². The van der Waals surface area contributed by atoms with Crippen LogP contribution in [-0.4, -0.2) is 53.3 Å². The minimum Gasteiger partial charge on any atom is -0.342 e. The number of nitrogens with zero attached hydrogens (tertiary/aromatic N) is 2. The molecule has 3 aliphatic rings. The number of carbonyl (C=O) groups excluding carboxylic acids is 2. The molecule has 1 spiro atoms. The van der Waals surface area contributed by atoms with Crippen LogP contribution in [0.25, 0.3) is 0 Å². The Kier molecular flexibility index (Phi) is 6.15. The van der Waals surface area contributed by atoms with Crippen molar-refractivity contribution in [2.24, 2.45) is 5.92 Å². The second-order valence-electron chi connectivity index (χ2n) is 11.5. The normalized spacial score (nSPS) is 23.8. The molecule has 1 N–H and O–H groups in total. The van der Waals surface area contributed by atoms with Crippen molar-refractivity contribution in [3.63, 3.8) is 0 Å². The molecule has 3 heterocycles. The highest BCUT2D eigenvalue weighted by atomic mass is 35.5. The molecule has 0 radical (unpaired) electrons. The lowest BCUT2D eigenvalue weighted by molar-refractivity contribution is -0.139. The number of hydrogen-bond donors (Lipinski definition) is 1. The number of benzene rings is 2. The summed E-state index contributed by atoms with van der Waals surface area (Å²) in [6, 6.07) is 7.41. The van der Waals surface area contributed by atoms with Gasteiger partial charge < -0.3 is 10.2 Å². The number of likely N-dealkylation sites (tertiary alicyclic amines) is 2. The van der Waals surface area contributed by atoms with E-state index in [1.807, 2.05) is 24.0 Å². The van der Waals surface area contributed by atoms with Crippen molar-refractivity contribution in [3.8, 4) is 0 Å². The molecular weight excluding hydrogens is 484 g/mol. The van der Waals surface area contributed by atoms with Crippen molar-refractivity contribution < 1.29 is 18.4 Å². The van der Waals surface area contributed by atoms with E-state index in [0.717, 1.165) is 22.9 Å². The summed E-state index contributed by atoms with van der Waals surface area (Å²) in [7, 11) is 0. The summed E-state index contributed by atoms with van der Waals surface area (Å²) in [6.07, 6.45) is 1.00. The molecule has 5 rings (SSSR count). The van der Waals surface area contributed by atoms with Crippen molar-refractivity contribution in [3.05, 3.63) is 63.7 Å². The van der Waals surface area contributed by atoms with E-state index in [4.69, 9.17) is 11.6 Å². The Balaban J connectivity index is 1.39. The van der Waals surface area contributed by atoms with Gasteiger partial charge in [0.15, 0.2) is 0 Å². The Morgan fingerprint density at radius 2 is 1.81 bits per heavy atom. The SMILES string of the molecule is Cc1cc2c(cc1Cl)C1(CCN(C(=O)C3CN(C(C)(C)C)CC3c3ccc(F)cc3F)CC1)C(=O)N2. The van der Waals surface area contributed by atoms with Crippen LogP contribution in [0.15, 0.2) is 30.3 Å². The summed E-state index contributed by atoms with van der Waals surface area (Å²) in [5.74, 6) is -2.14. The van der Waals surface area contributed by atoms with Crippen LogP contribution in [0, 0.1) is 24.5 Å². The minimum atomic E-state index is -0.695. The monoisotopic (exact) mass is 515 g/mol. The Morgan fingerprint density at radius 1 is 1.11 bits per heavy atom. The van der Waals surface area contributed by atoms with Gasteiger partial charge in [0.1, 0.15) is 11.6 Å². The van der Waals surface area contributed by atoms with E-state index >= 15 is 0 Å². The molecule has 2 aromatic carbocycles. The van der Waals surface area contributed by atoms with Crippen LogP contribution in [0.4, 0.5) is 14.5 Å². The molecule has 192 valence electrons. The van der Waals surface area contributed by atoms with Gasteiger partial charge in [-0.1, -0.05) is 17.7 Å². The van der Waals surface area contributed by atoms with Crippen molar-refractivity contribution in [2.75, 3.05) is 31.5 Å². The fourth-order valence-electron chi connectivity index (χ4n) is 6.10. The topological polar surface area (TPSA) is 52.7 Å². The first-order valence-corrected chi connectivity index (χ1v) is 12.9. The molecule has 2 saturated heterocycles. The van der Waals surface area contributed by atoms with Crippen molar-refractivity contribution in [2.45, 2.75) is 57.4 Å². The summed E-state index contributed by atoms with van der Waals surface area (Å²) >= 11 is 6.39. The van der Waals surface area contributed by atoms with Gasteiger partial charge in [0.2, 0.25) is 11.8 Å². The van der Waals surface area contributed by atoms with Crippen LogP contribution in [0.3, 0.4) is 0 Å². The number of amides is 2. The van der Waals surface area contributed by atoms with Gasteiger partial charge in [0.25, 0.3) is 0 Å². The molecule has 5 nitrogen and oxygen atoms in total. The summed E-state index contributed by atoms with van der Waals surface area (Å²) in [4.78, 5) is 30.9. The first kappa shape index (κ1) is 25.2. The van der Waals surface area contributed by atoms with Crippen molar-refractivity contribution in [1.82, 2.24) is 9.80 Å². The lowest BCUT2D eigenvalue weighted by Crippen LogP contribution is -2.50. The van der Waals surface area contributed by atoms with Crippen LogP contribution < -0.4 is 5.32 Å². The quantitative estimate of drug-likeness (QED) is 0.594. The molecule has 2 aromatic rings. The molecule has 0 aromatic heterocycles. The number of hydrogen-bond acceptors (Lipinski definition) is 3. The molecule has 0 saturated carbocycles. The van der Waals surface area contributed by atoms with Gasteiger partial charge in [-0.05, 0) is 75.4 Å². The van der Waals surface area contributed by atoms with Crippen LogP contribution >= 0.6 is 11.6 Å². The fourth-order valence-corrected chi connectivity index (χ4v) is 6.27. The maximum absolute atomic E-state index is 14.8. The van der Waals surface area contributed by atoms with Gasteiger partial charge in [-0.3, -0.25) is 14.5 Å². The second-order valence-corrected chi connectivity index (χ2v) is 11.9. The van der Waals surface area contributed by atoms with Gasteiger partial charge in [0, 0.05) is 54.4 Å². The van der Waals surface area contributed by atoms with Gasteiger partial charge in [0.05, 0.1) is 11.3 Å². The number of piperidine rings is 1. The number of nitrogens with one attached hydrogen (secondary N) is 1. The molecular formula is C28H32ClF2N3O2. The number of carbonyl (C=O) groups is 2. The summed E-state index contributed by atoms with van der Waals surface area (Å²) in [6.45, 7) is 10.0. The minimum absolute atomic E-state index is 0.0362. The molecule has 3 aliphatic heterocycles. The molecule has 2 atom stereocenters. The standard InChI is InChI=1S/C28H32ClF2N3O2/c1-16-11-24-21(13-22(16)29)28(26(36)32-24)7-9-33(10-8-28)25(35)20-15-34(27(2,3)4)14-19(20)18-6-5-17(30)12-23(18)31/h5-6,11-13,19-20H,7-10,14-15H2,1-4H3,(H,32,36). The van der Waals surface area contributed by atoms with Crippen LogP contribution in [0.2, 0.25) is 5.02 Å². The van der Waals surface area contributed by atoms with E-state index in [2.05, 4.69) is 31.0 Å². The first-order chi connectivity index (χ1) is 16.9. The number of rotatable bonds is 2. The highest BCUT2D eigenvalue weighted by Crippen LogP contribution is 2.47. The highest BCUT2D eigenvalue weighted by molar-refractivity contribution is 6.31. The second kappa shape index (κ2) is 8.80. The fraction of sp³-hybridized carbons (Fsp3) is 0.500. The molecule has 2 amide bonds. The Morgan fingerprint density at radius 3 is 2.44 bits per heavy atom. The average Bonchev–Trinajstić information content (AvgIpc) is 3.35. The zero-order valence-corrected chi connectivity index (χ0v) is 21.9. The number of anilines is 1. The van der Waals surface area contributed by atoms with Gasteiger partial charge >= 0.3 is 0 Å². The van der Waals surface area contributed by atoms with Gasteiger partial charge in [-0.2, -0.15) is 0 Å². The Hall–Kier alpha value is -2.51. The number of fused-ring (bicyclic) bond motifs is 2. The van der Waals surface area contributed by atoms with E-state index in [1.165, 1.54) is 12.1 Å². The molecule has 0 bridgehead atoms. The zero-order chi connectivity index (χ0) is 26.0. The van der Waals surface area contributed by atoms with Crippen LogP contribution in [-0.2, 0) is 15.0 Å². The molecule has 0 aliphatic carbocycles. The van der Waals surface area contributed by atoms with Gasteiger partial charge in [-0.25, -0.2) is 8.78 Å². The summed E-state index contributed by atoms with van der Waals surface area (Å²) in [5, 5.41) is 3.63. The maximum atomic E-state index is 14.8. The van der Waals surface area contributed by atoms with E-state index in [-0.39, 0.29) is 23.3 Å². The summed E-state index contributed by atoms with van der Waals surface area (Å²) in [5.41, 5.74) is 2.09. The zero-order valence-electron chi connectivity index (χ0n) is 21.1. The van der Waals surface area contributed by atoms with Crippen LogP contribution in [0.5, 0.6) is 0 Å². The predicted molar refractivity (Wildman–Crippen MR) is 136 cm³/mol. The maximum Gasteiger partial charge on any atom is 0.235 e. The number of aryl methyl sites for hydroxylation is 1. The van der Waals surface area contributed by atoms with Gasteiger partial charge in [-0.15, -0.1) is 0 Å². The lowest BCUT2D eigenvalue weighted by Gasteiger charge is -2.39. The van der Waals surface area contributed by atoms with Crippen molar-refractivity contribution in [1.29, 1.82) is 0 Å². The van der Waals surface area contributed by atoms with E-state index in [1.54, 1.807) is 0 Å². The summed E-state index contributed by atoms with van der Waals surface area (Å²) < 4.78 is 28.4. The molecule has 8 heteroatoms. The van der Waals surface area contributed by atoms with E-state index in [0.29, 0.717) is 49.6 Å². The first-order valence-electron chi connectivity index (χ1n) is 12.5. The third kappa shape index (κ3) is 4.10. The largest absolute Gasteiger partial charge is 0.342 e. The van der Waals surface area contributed by atoms with Crippen molar-refractivity contribution >= 4 is 29.1 Å². The molecule has 36 heavy (non-hydrogen) atoms. The third-order valence-electron chi connectivity index (χ3n) is 8.37. The van der Waals surface area contributed by atoms with E-state index in [9.17, 15) is 18.4 Å². The lowest BCUT2D eigenvalue weighted by atomic mass is 9.73. The van der Waals surface area contributed by atoms with E-state index < -0.39 is 23.0 Å². The third-order valence-corrected chi connectivity index (χ3v) is 8.78. The Bertz CT molecular complexity index is 1230. The average molecular weight is 516 g/mol. The highest BCUT2D eigenvalue weighted by Gasteiger charge is 2.51. The molecule has 2 unspecified atom stereocenters. The molecule has 2 fully saturated rings. The Labute approximate surface area is 215 Å².